The lowest BCUT2D eigenvalue weighted by Gasteiger charge is -2.12. The zero-order chi connectivity index (χ0) is 14.9. The van der Waals surface area contributed by atoms with E-state index in [1.54, 1.807) is 0 Å². The molecule has 0 aliphatic heterocycles. The molecule has 0 spiro atoms. The number of carboxylic acids is 1. The molecule has 20 heavy (non-hydrogen) atoms. The highest BCUT2D eigenvalue weighted by atomic mass is 32.2. The van der Waals surface area contributed by atoms with Gasteiger partial charge in [0.25, 0.3) is 0 Å². The highest BCUT2D eigenvalue weighted by molar-refractivity contribution is 7.92. The van der Waals surface area contributed by atoms with Gasteiger partial charge in [-0.1, -0.05) is 13.8 Å². The van der Waals surface area contributed by atoms with Crippen LogP contribution in [0.3, 0.4) is 0 Å². The van der Waals surface area contributed by atoms with E-state index in [1.165, 1.54) is 18.2 Å². The van der Waals surface area contributed by atoms with Gasteiger partial charge in [0.15, 0.2) is 9.84 Å². The predicted octanol–water partition coefficient (Wildman–Crippen LogP) is 2.36. The van der Waals surface area contributed by atoms with Crippen LogP contribution in [-0.2, 0) is 9.84 Å². The van der Waals surface area contributed by atoms with Gasteiger partial charge in [-0.2, -0.15) is 0 Å². The summed E-state index contributed by atoms with van der Waals surface area (Å²) in [7, 11) is -3.39. The van der Waals surface area contributed by atoms with Crippen molar-refractivity contribution in [3.63, 3.8) is 0 Å². The molecule has 0 amide bonds. The molecule has 6 heteroatoms. The summed E-state index contributed by atoms with van der Waals surface area (Å²) < 4.78 is 29.7. The second kappa shape index (κ2) is 5.44. The monoisotopic (exact) mass is 298 g/mol. The first-order valence-electron chi connectivity index (χ1n) is 6.56. The molecule has 1 aromatic carbocycles. The average molecular weight is 298 g/mol. The van der Waals surface area contributed by atoms with E-state index in [9.17, 15) is 18.3 Å². The zero-order valence-electron chi connectivity index (χ0n) is 11.5. The van der Waals surface area contributed by atoms with E-state index in [2.05, 4.69) is 0 Å². The summed E-state index contributed by atoms with van der Waals surface area (Å²) in [4.78, 5) is 11.3. The quantitative estimate of drug-likeness (QED) is 0.872. The van der Waals surface area contributed by atoms with E-state index in [4.69, 9.17) is 4.74 Å². The number of rotatable bonds is 6. The van der Waals surface area contributed by atoms with E-state index in [0.717, 1.165) is 0 Å². The lowest BCUT2D eigenvalue weighted by molar-refractivity contribution is 0.0691. The Kier molecular flexibility index (Phi) is 4.04. The van der Waals surface area contributed by atoms with Gasteiger partial charge in [-0.05, 0) is 37.0 Å². The summed E-state index contributed by atoms with van der Waals surface area (Å²) >= 11 is 0. The van der Waals surface area contributed by atoms with Crippen molar-refractivity contribution in [3.05, 3.63) is 23.8 Å². The van der Waals surface area contributed by atoms with Crippen LogP contribution in [0.25, 0.3) is 0 Å². The summed E-state index contributed by atoms with van der Waals surface area (Å²) in [5, 5.41) is 8.85. The van der Waals surface area contributed by atoms with Crippen LogP contribution in [-0.4, -0.2) is 31.4 Å². The zero-order valence-corrected chi connectivity index (χ0v) is 12.3. The maximum atomic E-state index is 12.1. The van der Waals surface area contributed by atoms with Crippen LogP contribution in [0.15, 0.2) is 23.1 Å². The minimum Gasteiger partial charge on any atom is -0.492 e. The maximum Gasteiger partial charge on any atom is 0.339 e. The maximum absolute atomic E-state index is 12.1. The Labute approximate surface area is 118 Å². The topological polar surface area (TPSA) is 80.7 Å². The first-order valence-corrected chi connectivity index (χ1v) is 8.11. The molecule has 0 unspecified atom stereocenters. The van der Waals surface area contributed by atoms with E-state index in [1.807, 2.05) is 13.8 Å². The van der Waals surface area contributed by atoms with E-state index < -0.39 is 15.8 Å². The summed E-state index contributed by atoms with van der Waals surface area (Å²) in [6.45, 7) is 4.29. The van der Waals surface area contributed by atoms with Crippen LogP contribution in [0.2, 0.25) is 0 Å². The van der Waals surface area contributed by atoms with Crippen molar-refractivity contribution in [2.24, 2.45) is 5.92 Å². The second-order valence-corrected chi connectivity index (χ2v) is 7.64. The molecule has 1 saturated carbocycles. The molecule has 0 atom stereocenters. The van der Waals surface area contributed by atoms with Crippen LogP contribution in [0, 0.1) is 5.92 Å². The van der Waals surface area contributed by atoms with Crippen molar-refractivity contribution in [2.45, 2.75) is 36.8 Å². The van der Waals surface area contributed by atoms with Gasteiger partial charge in [0.2, 0.25) is 0 Å². The third-order valence-corrected chi connectivity index (χ3v) is 5.31. The molecule has 1 aliphatic carbocycles. The lowest BCUT2D eigenvalue weighted by atomic mass is 10.2. The molecule has 0 heterocycles. The summed E-state index contributed by atoms with van der Waals surface area (Å²) in [6.07, 6.45) is 1.30. The van der Waals surface area contributed by atoms with Crippen LogP contribution in [0.5, 0.6) is 5.75 Å². The van der Waals surface area contributed by atoms with Gasteiger partial charge in [-0.25, -0.2) is 13.2 Å². The van der Waals surface area contributed by atoms with Gasteiger partial charge in [0, 0.05) is 0 Å². The van der Waals surface area contributed by atoms with Crippen LogP contribution >= 0.6 is 0 Å². The molecular formula is C14H18O5S. The fraction of sp³-hybridized carbons (Fsp3) is 0.500. The number of carboxylic acid groups (broad SMARTS) is 1. The smallest absolute Gasteiger partial charge is 0.339 e. The fourth-order valence-electron chi connectivity index (χ4n) is 1.81. The predicted molar refractivity (Wildman–Crippen MR) is 73.9 cm³/mol. The van der Waals surface area contributed by atoms with Crippen molar-refractivity contribution >= 4 is 15.8 Å². The van der Waals surface area contributed by atoms with Gasteiger partial charge in [-0.3, -0.25) is 0 Å². The van der Waals surface area contributed by atoms with E-state index >= 15 is 0 Å². The number of ether oxygens (including phenoxy) is 1. The highest BCUT2D eigenvalue weighted by Gasteiger charge is 2.37. The van der Waals surface area contributed by atoms with E-state index in [0.29, 0.717) is 19.4 Å². The van der Waals surface area contributed by atoms with Crippen LogP contribution in [0.1, 0.15) is 37.0 Å². The Balaban J connectivity index is 2.35. The molecule has 0 aromatic heterocycles. The number of benzene rings is 1. The van der Waals surface area contributed by atoms with Crippen molar-refractivity contribution in [2.75, 3.05) is 6.61 Å². The fourth-order valence-corrected chi connectivity index (χ4v) is 3.49. The van der Waals surface area contributed by atoms with Gasteiger partial charge < -0.3 is 9.84 Å². The number of hydrogen-bond acceptors (Lipinski definition) is 4. The van der Waals surface area contributed by atoms with Gasteiger partial charge in [0.05, 0.1) is 16.8 Å². The molecule has 1 fully saturated rings. The Morgan fingerprint density at radius 2 is 2.05 bits per heavy atom. The number of hydrogen-bond donors (Lipinski definition) is 1. The third-order valence-electron chi connectivity index (χ3n) is 3.05. The SMILES string of the molecule is CC(C)COc1ccc(S(=O)(=O)C2CC2)cc1C(=O)O. The first kappa shape index (κ1) is 14.8. The Bertz CT molecular complexity index is 614. The summed E-state index contributed by atoms with van der Waals surface area (Å²) in [5.74, 6) is -0.718. The molecule has 110 valence electrons. The number of aromatic carboxylic acids is 1. The van der Waals surface area contributed by atoms with Crippen LogP contribution in [0.4, 0.5) is 0 Å². The normalized spacial score (nSPS) is 15.3. The molecule has 0 bridgehead atoms. The van der Waals surface area contributed by atoms with Crippen LogP contribution < -0.4 is 4.74 Å². The van der Waals surface area contributed by atoms with Gasteiger partial charge in [-0.15, -0.1) is 0 Å². The molecule has 1 aliphatic rings. The summed E-state index contributed by atoms with van der Waals surface area (Å²) in [5.41, 5.74) is -0.104. The minimum atomic E-state index is -3.39. The first-order chi connectivity index (χ1) is 9.32. The molecule has 0 radical (unpaired) electrons. The lowest BCUT2D eigenvalue weighted by Crippen LogP contribution is -2.11. The van der Waals surface area contributed by atoms with Crippen molar-refractivity contribution < 1.29 is 23.1 Å². The van der Waals surface area contributed by atoms with Crippen molar-refractivity contribution in [3.8, 4) is 5.75 Å². The molecule has 0 saturated heterocycles. The molecular weight excluding hydrogens is 280 g/mol. The van der Waals surface area contributed by atoms with Crippen molar-refractivity contribution in [1.29, 1.82) is 0 Å². The Morgan fingerprint density at radius 3 is 2.55 bits per heavy atom. The number of sulfone groups is 1. The third kappa shape index (κ3) is 3.12. The highest BCUT2D eigenvalue weighted by Crippen LogP contribution is 2.35. The molecule has 2 rings (SSSR count). The van der Waals surface area contributed by atoms with E-state index in [-0.39, 0.29) is 27.4 Å². The molecule has 1 N–H and O–H groups in total. The standard InChI is InChI=1S/C14H18O5S/c1-9(2)8-19-13-6-5-11(7-12(13)14(15)16)20(17,18)10-3-4-10/h5-7,9-10H,3-4,8H2,1-2H3,(H,15,16). The summed E-state index contributed by atoms with van der Waals surface area (Å²) in [6, 6.07) is 4.06. The second-order valence-electron chi connectivity index (χ2n) is 5.41. The van der Waals surface area contributed by atoms with Crippen molar-refractivity contribution in [1.82, 2.24) is 0 Å². The minimum absolute atomic E-state index is 0.0642. The molecule has 5 nitrogen and oxygen atoms in total. The Hall–Kier alpha value is -1.56. The number of carbonyl (C=O) groups is 1. The Morgan fingerprint density at radius 1 is 1.40 bits per heavy atom. The average Bonchev–Trinajstić information content (AvgIpc) is 3.20. The van der Waals surface area contributed by atoms with Gasteiger partial charge >= 0.3 is 5.97 Å². The molecule has 1 aromatic rings. The van der Waals surface area contributed by atoms with Gasteiger partial charge in [0.1, 0.15) is 11.3 Å². The largest absolute Gasteiger partial charge is 0.492 e.